The monoisotopic (exact) mass is 284 g/mol. The third-order valence-corrected chi connectivity index (χ3v) is 3.85. The predicted octanol–water partition coefficient (Wildman–Crippen LogP) is 2.11. The molecular weight excluding hydrogens is 264 g/mol. The highest BCUT2D eigenvalue weighted by Crippen LogP contribution is 2.12. The van der Waals surface area contributed by atoms with Crippen molar-refractivity contribution < 1.29 is 4.79 Å². The number of nitrogens with zero attached hydrogens (tertiary/aromatic N) is 2. The van der Waals surface area contributed by atoms with Crippen molar-refractivity contribution in [3.05, 3.63) is 53.6 Å². The summed E-state index contributed by atoms with van der Waals surface area (Å²) in [5, 5.41) is 2.99. The second kappa shape index (κ2) is 6.43. The molecule has 0 bridgehead atoms. The van der Waals surface area contributed by atoms with Gasteiger partial charge in [0.05, 0.1) is 12.0 Å². The number of aromatic amines is 1. The SMILES string of the molecule is O=C(NCc1ccccc1)N1CCCc2[nH]cnc2CC1. The lowest BCUT2D eigenvalue weighted by Crippen LogP contribution is -2.42. The van der Waals surface area contributed by atoms with E-state index in [-0.39, 0.29) is 6.03 Å². The predicted molar refractivity (Wildman–Crippen MR) is 80.9 cm³/mol. The van der Waals surface area contributed by atoms with Crippen molar-refractivity contribution in [3.8, 4) is 0 Å². The fourth-order valence-electron chi connectivity index (χ4n) is 2.67. The normalized spacial score (nSPS) is 15.0. The van der Waals surface area contributed by atoms with E-state index in [2.05, 4.69) is 15.3 Å². The van der Waals surface area contributed by atoms with Gasteiger partial charge in [-0.2, -0.15) is 0 Å². The van der Waals surface area contributed by atoms with E-state index in [1.54, 1.807) is 6.33 Å². The first-order valence-corrected chi connectivity index (χ1v) is 7.41. The molecule has 1 aromatic heterocycles. The van der Waals surface area contributed by atoms with Gasteiger partial charge in [-0.3, -0.25) is 0 Å². The van der Waals surface area contributed by atoms with Gasteiger partial charge in [-0.1, -0.05) is 30.3 Å². The number of hydrogen-bond acceptors (Lipinski definition) is 2. The largest absolute Gasteiger partial charge is 0.348 e. The van der Waals surface area contributed by atoms with E-state index in [9.17, 15) is 4.79 Å². The number of H-pyrrole nitrogens is 1. The number of carbonyl (C=O) groups excluding carboxylic acids is 1. The lowest BCUT2D eigenvalue weighted by atomic mass is 10.1. The minimum Gasteiger partial charge on any atom is -0.348 e. The third-order valence-electron chi connectivity index (χ3n) is 3.85. The quantitative estimate of drug-likeness (QED) is 0.887. The summed E-state index contributed by atoms with van der Waals surface area (Å²) in [7, 11) is 0. The standard InChI is InChI=1S/C16H20N4O/c21-16(17-11-13-5-2-1-3-6-13)20-9-4-7-14-15(8-10-20)19-12-18-14/h1-3,5-6,12H,4,7-11H2,(H,17,21)(H,18,19). The number of fused-ring (bicyclic) bond motifs is 1. The zero-order chi connectivity index (χ0) is 14.5. The van der Waals surface area contributed by atoms with Gasteiger partial charge in [0.1, 0.15) is 0 Å². The van der Waals surface area contributed by atoms with Crippen LogP contribution in [0.1, 0.15) is 23.4 Å². The van der Waals surface area contributed by atoms with Crippen molar-refractivity contribution in [1.29, 1.82) is 0 Å². The van der Waals surface area contributed by atoms with Gasteiger partial charge in [0, 0.05) is 31.7 Å². The Kier molecular flexibility index (Phi) is 4.19. The third kappa shape index (κ3) is 3.42. The van der Waals surface area contributed by atoms with E-state index in [0.29, 0.717) is 6.54 Å². The molecule has 0 saturated heterocycles. The molecule has 0 saturated carbocycles. The van der Waals surface area contributed by atoms with Crippen LogP contribution in [0.2, 0.25) is 0 Å². The van der Waals surface area contributed by atoms with Crippen LogP contribution >= 0.6 is 0 Å². The molecule has 0 radical (unpaired) electrons. The van der Waals surface area contributed by atoms with E-state index in [1.165, 1.54) is 5.69 Å². The van der Waals surface area contributed by atoms with Crippen LogP contribution in [0.15, 0.2) is 36.7 Å². The summed E-state index contributed by atoms with van der Waals surface area (Å²) in [6.45, 7) is 2.08. The number of aryl methyl sites for hydroxylation is 1. The Hall–Kier alpha value is -2.30. The average Bonchev–Trinajstić information content (AvgIpc) is 2.92. The fraction of sp³-hybridized carbons (Fsp3) is 0.375. The number of benzene rings is 1. The molecule has 0 atom stereocenters. The molecule has 2 N–H and O–H groups in total. The van der Waals surface area contributed by atoms with Crippen LogP contribution in [-0.2, 0) is 19.4 Å². The number of nitrogens with one attached hydrogen (secondary N) is 2. The van der Waals surface area contributed by atoms with Crippen molar-refractivity contribution >= 4 is 6.03 Å². The summed E-state index contributed by atoms with van der Waals surface area (Å²) < 4.78 is 0. The van der Waals surface area contributed by atoms with Gasteiger partial charge in [0.25, 0.3) is 0 Å². The molecule has 5 nitrogen and oxygen atoms in total. The number of amides is 2. The van der Waals surface area contributed by atoms with Gasteiger partial charge in [0.15, 0.2) is 0 Å². The Balaban J connectivity index is 1.55. The molecule has 0 fully saturated rings. The van der Waals surface area contributed by atoms with E-state index in [0.717, 1.165) is 43.6 Å². The van der Waals surface area contributed by atoms with E-state index >= 15 is 0 Å². The molecule has 0 aliphatic carbocycles. The van der Waals surface area contributed by atoms with Crippen LogP contribution in [0.25, 0.3) is 0 Å². The van der Waals surface area contributed by atoms with Crippen molar-refractivity contribution in [2.75, 3.05) is 13.1 Å². The number of rotatable bonds is 2. The van der Waals surface area contributed by atoms with Crippen LogP contribution in [0, 0.1) is 0 Å². The van der Waals surface area contributed by atoms with Crippen LogP contribution < -0.4 is 5.32 Å². The Morgan fingerprint density at radius 1 is 1.24 bits per heavy atom. The van der Waals surface area contributed by atoms with Gasteiger partial charge < -0.3 is 15.2 Å². The molecule has 2 amide bonds. The number of carbonyl (C=O) groups is 1. The minimum absolute atomic E-state index is 0.0119. The zero-order valence-electron chi connectivity index (χ0n) is 12.0. The molecule has 2 aromatic rings. The molecule has 110 valence electrons. The Morgan fingerprint density at radius 3 is 2.95 bits per heavy atom. The van der Waals surface area contributed by atoms with E-state index in [1.807, 2.05) is 35.2 Å². The lowest BCUT2D eigenvalue weighted by Gasteiger charge is -2.24. The zero-order valence-corrected chi connectivity index (χ0v) is 12.0. The molecule has 2 heterocycles. The highest BCUT2D eigenvalue weighted by Gasteiger charge is 2.17. The smallest absolute Gasteiger partial charge is 0.317 e. The maximum Gasteiger partial charge on any atom is 0.317 e. The van der Waals surface area contributed by atoms with Crippen LogP contribution in [0.5, 0.6) is 0 Å². The number of hydrogen-bond donors (Lipinski definition) is 2. The van der Waals surface area contributed by atoms with Crippen LogP contribution in [-0.4, -0.2) is 34.0 Å². The molecule has 5 heteroatoms. The van der Waals surface area contributed by atoms with Crippen molar-refractivity contribution in [3.63, 3.8) is 0 Å². The second-order valence-corrected chi connectivity index (χ2v) is 5.31. The Bertz CT molecular complexity index is 593. The van der Waals surface area contributed by atoms with Crippen molar-refractivity contribution in [2.24, 2.45) is 0 Å². The van der Waals surface area contributed by atoms with Crippen LogP contribution in [0.4, 0.5) is 4.79 Å². The number of urea groups is 1. The number of aromatic nitrogens is 2. The maximum absolute atomic E-state index is 12.3. The molecular formula is C16H20N4O. The van der Waals surface area contributed by atoms with Gasteiger partial charge in [-0.15, -0.1) is 0 Å². The molecule has 21 heavy (non-hydrogen) atoms. The summed E-state index contributed by atoms with van der Waals surface area (Å²) in [5.41, 5.74) is 3.43. The first-order chi connectivity index (χ1) is 10.3. The highest BCUT2D eigenvalue weighted by molar-refractivity contribution is 5.74. The van der Waals surface area contributed by atoms with Gasteiger partial charge in [-0.25, -0.2) is 9.78 Å². The number of imidazole rings is 1. The fourth-order valence-corrected chi connectivity index (χ4v) is 2.67. The van der Waals surface area contributed by atoms with Crippen molar-refractivity contribution in [2.45, 2.75) is 25.8 Å². The van der Waals surface area contributed by atoms with Gasteiger partial charge in [-0.05, 0) is 18.4 Å². The molecule has 1 aromatic carbocycles. The Morgan fingerprint density at radius 2 is 2.10 bits per heavy atom. The maximum atomic E-state index is 12.3. The summed E-state index contributed by atoms with van der Waals surface area (Å²) in [6, 6.07) is 9.99. The topological polar surface area (TPSA) is 61.0 Å². The van der Waals surface area contributed by atoms with Crippen LogP contribution in [0.3, 0.4) is 0 Å². The van der Waals surface area contributed by atoms with E-state index < -0.39 is 0 Å². The second-order valence-electron chi connectivity index (χ2n) is 5.31. The molecule has 0 unspecified atom stereocenters. The molecule has 3 rings (SSSR count). The molecule has 1 aliphatic rings. The highest BCUT2D eigenvalue weighted by atomic mass is 16.2. The summed E-state index contributed by atoms with van der Waals surface area (Å²) >= 11 is 0. The lowest BCUT2D eigenvalue weighted by molar-refractivity contribution is 0.196. The summed E-state index contributed by atoms with van der Waals surface area (Å²) in [5.74, 6) is 0. The minimum atomic E-state index is 0.0119. The molecule has 0 spiro atoms. The first kappa shape index (κ1) is 13.7. The van der Waals surface area contributed by atoms with E-state index in [4.69, 9.17) is 0 Å². The Labute approximate surface area is 124 Å². The van der Waals surface area contributed by atoms with Gasteiger partial charge in [0.2, 0.25) is 0 Å². The summed E-state index contributed by atoms with van der Waals surface area (Å²) in [6.07, 6.45) is 4.49. The van der Waals surface area contributed by atoms with Gasteiger partial charge >= 0.3 is 6.03 Å². The van der Waals surface area contributed by atoms with Crippen molar-refractivity contribution in [1.82, 2.24) is 20.2 Å². The average molecular weight is 284 g/mol. The first-order valence-electron chi connectivity index (χ1n) is 7.41. The summed E-state index contributed by atoms with van der Waals surface area (Å²) in [4.78, 5) is 21.7. The molecule has 1 aliphatic heterocycles.